The van der Waals surface area contributed by atoms with Gasteiger partial charge >= 0.3 is 0 Å². The largest absolute Gasteiger partial charge is 0.395 e. The molecule has 0 radical (unpaired) electrons. The van der Waals surface area contributed by atoms with E-state index < -0.39 is 0 Å². The van der Waals surface area contributed by atoms with Gasteiger partial charge in [0.1, 0.15) is 18.0 Å². The molecule has 1 aliphatic heterocycles. The van der Waals surface area contributed by atoms with Crippen LogP contribution in [-0.2, 0) is 4.74 Å². The van der Waals surface area contributed by atoms with E-state index in [1.54, 1.807) is 6.33 Å². The molecule has 106 valence electrons. The summed E-state index contributed by atoms with van der Waals surface area (Å²) in [5, 5.41) is 12.3. The van der Waals surface area contributed by atoms with Gasteiger partial charge < -0.3 is 20.1 Å². The van der Waals surface area contributed by atoms with Crippen molar-refractivity contribution >= 4 is 11.6 Å². The molecule has 2 rings (SSSR count). The number of nitrogens with one attached hydrogen (secondary N) is 1. The first-order chi connectivity index (χ1) is 9.29. The summed E-state index contributed by atoms with van der Waals surface area (Å²) < 4.78 is 5.35. The molecule has 0 amide bonds. The van der Waals surface area contributed by atoms with E-state index in [9.17, 15) is 0 Å². The van der Waals surface area contributed by atoms with Crippen LogP contribution in [0.3, 0.4) is 0 Å². The van der Waals surface area contributed by atoms with Crippen molar-refractivity contribution in [1.29, 1.82) is 0 Å². The standard InChI is InChI=1S/C13H22N4O2/c1-17(4-5-18)13-8-12(15-10-16-13)14-9-11-2-6-19-7-3-11/h8,10-11,18H,2-7,9H2,1H3,(H,14,15,16). The molecule has 0 saturated carbocycles. The molecule has 6 heteroatoms. The number of likely N-dealkylation sites (N-methyl/N-ethyl adjacent to an activating group) is 1. The van der Waals surface area contributed by atoms with Crippen molar-refractivity contribution in [3.05, 3.63) is 12.4 Å². The van der Waals surface area contributed by atoms with Crippen molar-refractivity contribution in [2.75, 3.05) is 50.2 Å². The van der Waals surface area contributed by atoms with E-state index in [0.717, 1.165) is 44.2 Å². The molecule has 1 fully saturated rings. The van der Waals surface area contributed by atoms with Gasteiger partial charge in [-0.1, -0.05) is 0 Å². The van der Waals surface area contributed by atoms with Crippen LogP contribution in [0, 0.1) is 5.92 Å². The van der Waals surface area contributed by atoms with Gasteiger partial charge in [-0.25, -0.2) is 9.97 Å². The number of anilines is 2. The van der Waals surface area contributed by atoms with Gasteiger partial charge in [-0.3, -0.25) is 0 Å². The third-order valence-corrected chi connectivity index (χ3v) is 3.39. The topological polar surface area (TPSA) is 70.5 Å². The summed E-state index contributed by atoms with van der Waals surface area (Å²) in [4.78, 5) is 10.3. The number of hydrogen-bond donors (Lipinski definition) is 2. The fraction of sp³-hybridized carbons (Fsp3) is 0.692. The molecule has 1 aromatic rings. The molecule has 0 aromatic carbocycles. The molecule has 2 N–H and O–H groups in total. The lowest BCUT2D eigenvalue weighted by Gasteiger charge is -2.22. The SMILES string of the molecule is CN(CCO)c1cc(NCC2CCOCC2)ncn1. The van der Waals surface area contributed by atoms with Crippen LogP contribution in [-0.4, -0.2) is 55.0 Å². The van der Waals surface area contributed by atoms with Crippen LogP contribution < -0.4 is 10.2 Å². The van der Waals surface area contributed by atoms with Gasteiger partial charge in [0.15, 0.2) is 0 Å². The minimum absolute atomic E-state index is 0.116. The summed E-state index contributed by atoms with van der Waals surface area (Å²) in [6, 6.07) is 1.91. The molecule has 2 heterocycles. The maximum atomic E-state index is 8.93. The highest BCUT2D eigenvalue weighted by Gasteiger charge is 2.13. The lowest BCUT2D eigenvalue weighted by Crippen LogP contribution is -2.24. The molecule has 0 aliphatic carbocycles. The zero-order valence-electron chi connectivity index (χ0n) is 11.4. The van der Waals surface area contributed by atoms with Crippen molar-refractivity contribution < 1.29 is 9.84 Å². The predicted molar refractivity (Wildman–Crippen MR) is 74.4 cm³/mol. The monoisotopic (exact) mass is 266 g/mol. The van der Waals surface area contributed by atoms with Crippen LogP contribution in [0.15, 0.2) is 12.4 Å². The van der Waals surface area contributed by atoms with Crippen LogP contribution >= 0.6 is 0 Å². The molecule has 1 aromatic heterocycles. The molecule has 0 unspecified atom stereocenters. The summed E-state index contributed by atoms with van der Waals surface area (Å²) in [6.07, 6.45) is 3.76. The fourth-order valence-corrected chi connectivity index (χ4v) is 2.12. The van der Waals surface area contributed by atoms with Crippen LogP contribution in [0.1, 0.15) is 12.8 Å². The quantitative estimate of drug-likeness (QED) is 0.791. The van der Waals surface area contributed by atoms with E-state index in [-0.39, 0.29) is 6.61 Å². The Kier molecular flexibility index (Phi) is 5.35. The normalized spacial score (nSPS) is 16.3. The van der Waals surface area contributed by atoms with Crippen molar-refractivity contribution in [2.24, 2.45) is 5.92 Å². The summed E-state index contributed by atoms with van der Waals surface area (Å²) >= 11 is 0. The molecule has 6 nitrogen and oxygen atoms in total. The van der Waals surface area contributed by atoms with Gasteiger partial charge in [0, 0.05) is 39.4 Å². The van der Waals surface area contributed by atoms with E-state index in [0.29, 0.717) is 12.5 Å². The maximum Gasteiger partial charge on any atom is 0.133 e. The Bertz CT molecular complexity index is 383. The minimum Gasteiger partial charge on any atom is -0.395 e. The van der Waals surface area contributed by atoms with Gasteiger partial charge in [0.25, 0.3) is 0 Å². The summed E-state index contributed by atoms with van der Waals surface area (Å²) in [6.45, 7) is 3.33. The average molecular weight is 266 g/mol. The number of hydrogen-bond acceptors (Lipinski definition) is 6. The van der Waals surface area contributed by atoms with E-state index in [2.05, 4.69) is 15.3 Å². The zero-order chi connectivity index (χ0) is 13.5. The average Bonchev–Trinajstić information content (AvgIpc) is 2.47. The van der Waals surface area contributed by atoms with Gasteiger partial charge in [0.2, 0.25) is 0 Å². The highest BCUT2D eigenvalue weighted by molar-refractivity contribution is 5.47. The first-order valence-corrected chi connectivity index (χ1v) is 6.75. The Labute approximate surface area is 113 Å². The Morgan fingerprint density at radius 1 is 1.42 bits per heavy atom. The van der Waals surface area contributed by atoms with E-state index >= 15 is 0 Å². The molecule has 19 heavy (non-hydrogen) atoms. The summed E-state index contributed by atoms with van der Waals surface area (Å²) in [7, 11) is 1.90. The van der Waals surface area contributed by atoms with Crippen molar-refractivity contribution in [1.82, 2.24) is 9.97 Å². The fourth-order valence-electron chi connectivity index (χ4n) is 2.12. The molecular formula is C13H22N4O2. The lowest BCUT2D eigenvalue weighted by atomic mass is 10.0. The Morgan fingerprint density at radius 3 is 2.95 bits per heavy atom. The molecule has 0 spiro atoms. The Hall–Kier alpha value is -1.40. The van der Waals surface area contributed by atoms with Crippen LogP contribution in [0.2, 0.25) is 0 Å². The third kappa shape index (κ3) is 4.33. The highest BCUT2D eigenvalue weighted by Crippen LogP contribution is 2.17. The van der Waals surface area contributed by atoms with Crippen LogP contribution in [0.4, 0.5) is 11.6 Å². The van der Waals surface area contributed by atoms with Gasteiger partial charge in [0.05, 0.1) is 6.61 Å². The lowest BCUT2D eigenvalue weighted by molar-refractivity contribution is 0.0699. The highest BCUT2D eigenvalue weighted by atomic mass is 16.5. The van der Waals surface area contributed by atoms with Crippen LogP contribution in [0.5, 0.6) is 0 Å². The summed E-state index contributed by atoms with van der Waals surface area (Å²) in [5.41, 5.74) is 0. The number of nitrogens with zero attached hydrogens (tertiary/aromatic N) is 3. The second-order valence-corrected chi connectivity index (χ2v) is 4.84. The van der Waals surface area contributed by atoms with E-state index in [1.807, 2.05) is 18.0 Å². The first kappa shape index (κ1) is 14.0. The number of rotatable bonds is 6. The van der Waals surface area contributed by atoms with Gasteiger partial charge in [-0.05, 0) is 18.8 Å². The molecule has 0 atom stereocenters. The zero-order valence-corrected chi connectivity index (χ0v) is 11.4. The predicted octanol–water partition coefficient (Wildman–Crippen LogP) is 0.744. The van der Waals surface area contributed by atoms with Crippen molar-refractivity contribution in [2.45, 2.75) is 12.8 Å². The van der Waals surface area contributed by atoms with Crippen molar-refractivity contribution in [3.63, 3.8) is 0 Å². The number of aromatic nitrogens is 2. The smallest absolute Gasteiger partial charge is 0.133 e. The molecule has 1 aliphatic rings. The number of aliphatic hydroxyl groups is 1. The summed E-state index contributed by atoms with van der Waals surface area (Å²) in [5.74, 6) is 2.31. The van der Waals surface area contributed by atoms with E-state index in [1.165, 1.54) is 0 Å². The maximum absolute atomic E-state index is 8.93. The molecule has 0 bridgehead atoms. The second kappa shape index (κ2) is 7.25. The van der Waals surface area contributed by atoms with Gasteiger partial charge in [-0.15, -0.1) is 0 Å². The Morgan fingerprint density at radius 2 is 2.21 bits per heavy atom. The van der Waals surface area contributed by atoms with Crippen LogP contribution in [0.25, 0.3) is 0 Å². The second-order valence-electron chi connectivity index (χ2n) is 4.84. The van der Waals surface area contributed by atoms with Crippen molar-refractivity contribution in [3.8, 4) is 0 Å². The van der Waals surface area contributed by atoms with Gasteiger partial charge in [-0.2, -0.15) is 0 Å². The Balaban J connectivity index is 1.87. The molecule has 1 saturated heterocycles. The molecular weight excluding hydrogens is 244 g/mol. The first-order valence-electron chi connectivity index (χ1n) is 6.75. The van der Waals surface area contributed by atoms with E-state index in [4.69, 9.17) is 9.84 Å². The third-order valence-electron chi connectivity index (χ3n) is 3.39. The minimum atomic E-state index is 0.116. The number of aliphatic hydroxyl groups excluding tert-OH is 1. The number of ether oxygens (including phenoxy) is 1.